The number of para-hydroxylation sites is 1. The molecule has 7 aromatic carbocycles. The van der Waals surface area contributed by atoms with Crippen LogP contribution in [0.25, 0.3) is 78.3 Å². The van der Waals surface area contributed by atoms with Crippen LogP contribution in [-0.2, 0) is 5.41 Å². The van der Waals surface area contributed by atoms with Gasteiger partial charge in [-0.05, 0) is 62.7 Å². The number of aromatic nitrogens is 2. The van der Waals surface area contributed by atoms with E-state index in [4.69, 9.17) is 14.4 Å². The molecule has 3 heteroatoms. The molecule has 0 fully saturated rings. The maximum Gasteiger partial charge on any atom is 0.160 e. The van der Waals surface area contributed by atoms with E-state index < -0.39 is 5.41 Å². The molecule has 2 aliphatic rings. The van der Waals surface area contributed by atoms with Crippen LogP contribution >= 0.6 is 0 Å². The molecule has 2 aromatic heterocycles. The van der Waals surface area contributed by atoms with E-state index in [-0.39, 0.29) is 0 Å². The quantitative estimate of drug-likeness (QED) is 0.188. The Bertz CT molecular complexity index is 2750. The Morgan fingerprint density at radius 1 is 0.385 bits per heavy atom. The Hall–Kier alpha value is -6.84. The maximum absolute atomic E-state index is 7.02. The normalized spacial score (nSPS) is 13.2. The van der Waals surface area contributed by atoms with Gasteiger partial charge in [-0.15, -0.1) is 0 Å². The van der Waals surface area contributed by atoms with Gasteiger partial charge in [-0.1, -0.05) is 164 Å². The third kappa shape index (κ3) is 4.02. The molecule has 0 radical (unpaired) electrons. The molecule has 2 aliphatic carbocycles. The van der Waals surface area contributed by atoms with Gasteiger partial charge in [0.25, 0.3) is 0 Å². The second-order valence-corrected chi connectivity index (χ2v) is 13.6. The lowest BCUT2D eigenvalue weighted by molar-refractivity contribution is 0.507. The molecule has 0 atom stereocenters. The number of fused-ring (bicyclic) bond motifs is 12. The average molecular weight is 663 g/mol. The molecule has 0 saturated heterocycles. The molecule has 0 bridgehead atoms. The van der Waals surface area contributed by atoms with Gasteiger partial charge >= 0.3 is 0 Å². The minimum absolute atomic E-state index is 0.567. The topological polar surface area (TPSA) is 38.9 Å². The van der Waals surface area contributed by atoms with Gasteiger partial charge in [0.15, 0.2) is 5.82 Å². The fourth-order valence-electron chi connectivity index (χ4n) is 8.74. The molecule has 3 nitrogen and oxygen atoms in total. The van der Waals surface area contributed by atoms with Crippen molar-refractivity contribution in [1.29, 1.82) is 0 Å². The van der Waals surface area contributed by atoms with E-state index in [0.29, 0.717) is 5.82 Å². The van der Waals surface area contributed by atoms with Crippen LogP contribution in [0.3, 0.4) is 0 Å². The van der Waals surface area contributed by atoms with E-state index in [9.17, 15) is 0 Å². The second-order valence-electron chi connectivity index (χ2n) is 13.6. The van der Waals surface area contributed by atoms with Crippen LogP contribution in [0, 0.1) is 0 Å². The largest absolute Gasteiger partial charge is 0.459 e. The highest BCUT2D eigenvalue weighted by Crippen LogP contribution is 2.65. The molecule has 0 amide bonds. The van der Waals surface area contributed by atoms with Crippen molar-refractivity contribution in [1.82, 2.24) is 9.97 Å². The van der Waals surface area contributed by atoms with E-state index >= 15 is 0 Å². The predicted octanol–water partition coefficient (Wildman–Crippen LogP) is 12.2. The minimum Gasteiger partial charge on any atom is -0.459 e. The molecular formula is C49H30N2O. The molecule has 0 aliphatic heterocycles. The average Bonchev–Trinajstić information content (AvgIpc) is 3.85. The van der Waals surface area contributed by atoms with Gasteiger partial charge in [-0.2, -0.15) is 0 Å². The number of benzene rings is 7. The third-order valence-electron chi connectivity index (χ3n) is 10.9. The summed E-state index contributed by atoms with van der Waals surface area (Å²) in [5.41, 5.74) is 16.2. The van der Waals surface area contributed by atoms with E-state index in [0.717, 1.165) is 55.9 Å². The van der Waals surface area contributed by atoms with Crippen molar-refractivity contribution in [3.63, 3.8) is 0 Å². The fraction of sp³-hybridized carbons (Fsp3) is 0.0204. The highest BCUT2D eigenvalue weighted by Gasteiger charge is 2.55. The molecule has 1 spiro atoms. The standard InChI is InChI=1S/C49H30N2O/c1-3-15-31(16-4-1)42-30-43(32-17-5-2-6-18-32)51-48(50-42)34-20-13-19-33(29-34)35-24-14-27-41-45(35)46-38-23-9-12-28-44(38)52-47(46)49(41)39-25-10-7-21-36(39)37-22-8-11-26-40(37)49/h1-30H. The SMILES string of the molecule is c1ccc(-c2cc(-c3ccccc3)nc(-c3cccc(-c4cccc5c4-c4c(oc6ccccc46)C54c5ccccc5-c5ccccc54)c3)n2)cc1. The van der Waals surface area contributed by atoms with Gasteiger partial charge in [0.05, 0.1) is 11.4 Å². The molecule has 52 heavy (non-hydrogen) atoms. The molecule has 2 heterocycles. The van der Waals surface area contributed by atoms with Crippen LogP contribution in [0.1, 0.15) is 22.5 Å². The summed E-state index contributed by atoms with van der Waals surface area (Å²) in [4.78, 5) is 10.3. The molecule has 9 aromatic rings. The van der Waals surface area contributed by atoms with Crippen LogP contribution in [0.2, 0.25) is 0 Å². The van der Waals surface area contributed by atoms with Crippen LogP contribution < -0.4 is 0 Å². The summed E-state index contributed by atoms with van der Waals surface area (Å²) >= 11 is 0. The lowest BCUT2D eigenvalue weighted by Gasteiger charge is -2.28. The van der Waals surface area contributed by atoms with Crippen molar-refractivity contribution in [2.45, 2.75) is 5.41 Å². The Morgan fingerprint density at radius 2 is 0.904 bits per heavy atom. The zero-order valence-electron chi connectivity index (χ0n) is 28.1. The smallest absolute Gasteiger partial charge is 0.160 e. The summed E-state index contributed by atoms with van der Waals surface area (Å²) < 4.78 is 7.02. The fourth-order valence-corrected chi connectivity index (χ4v) is 8.74. The molecule has 0 N–H and O–H groups in total. The lowest BCUT2D eigenvalue weighted by Crippen LogP contribution is -2.25. The first-order chi connectivity index (χ1) is 25.8. The molecule has 242 valence electrons. The summed E-state index contributed by atoms with van der Waals surface area (Å²) in [5, 5.41) is 1.13. The highest BCUT2D eigenvalue weighted by atomic mass is 16.3. The Morgan fingerprint density at radius 3 is 1.60 bits per heavy atom. The summed E-state index contributed by atoms with van der Waals surface area (Å²) in [6.45, 7) is 0. The predicted molar refractivity (Wildman–Crippen MR) is 210 cm³/mol. The highest BCUT2D eigenvalue weighted by molar-refractivity contribution is 6.08. The van der Waals surface area contributed by atoms with E-state index in [1.807, 2.05) is 12.1 Å². The Labute approximate surface area is 301 Å². The zero-order valence-corrected chi connectivity index (χ0v) is 28.1. The number of hydrogen-bond donors (Lipinski definition) is 0. The van der Waals surface area contributed by atoms with Gasteiger partial charge in [-0.3, -0.25) is 0 Å². The molecule has 0 saturated carbocycles. The summed E-state index contributed by atoms with van der Waals surface area (Å²) in [7, 11) is 0. The van der Waals surface area contributed by atoms with Gasteiger partial charge < -0.3 is 4.42 Å². The van der Waals surface area contributed by atoms with Gasteiger partial charge in [0.2, 0.25) is 0 Å². The van der Waals surface area contributed by atoms with Crippen molar-refractivity contribution < 1.29 is 4.42 Å². The van der Waals surface area contributed by atoms with Crippen LogP contribution in [0.4, 0.5) is 0 Å². The molecule has 0 unspecified atom stereocenters. The monoisotopic (exact) mass is 662 g/mol. The molecular weight excluding hydrogens is 633 g/mol. The van der Waals surface area contributed by atoms with Crippen molar-refractivity contribution in [3.8, 4) is 67.3 Å². The molecule has 11 rings (SSSR count). The Kier molecular flexibility index (Phi) is 6.17. The zero-order chi connectivity index (χ0) is 34.2. The number of nitrogens with zero attached hydrogens (tertiary/aromatic N) is 2. The number of rotatable bonds is 4. The summed E-state index contributed by atoms with van der Waals surface area (Å²) in [5.74, 6) is 1.69. The first-order valence-electron chi connectivity index (χ1n) is 17.7. The van der Waals surface area contributed by atoms with E-state index in [2.05, 4.69) is 170 Å². The van der Waals surface area contributed by atoms with Crippen LogP contribution in [0.5, 0.6) is 0 Å². The van der Waals surface area contributed by atoms with Gasteiger partial charge in [0, 0.05) is 27.6 Å². The van der Waals surface area contributed by atoms with Crippen molar-refractivity contribution in [2.24, 2.45) is 0 Å². The lowest BCUT2D eigenvalue weighted by atomic mass is 9.73. The van der Waals surface area contributed by atoms with E-state index in [1.165, 1.54) is 38.9 Å². The number of hydrogen-bond acceptors (Lipinski definition) is 3. The number of furan rings is 1. The maximum atomic E-state index is 7.02. The van der Waals surface area contributed by atoms with E-state index in [1.54, 1.807) is 0 Å². The van der Waals surface area contributed by atoms with Crippen molar-refractivity contribution in [2.75, 3.05) is 0 Å². The van der Waals surface area contributed by atoms with Crippen LogP contribution in [0.15, 0.2) is 186 Å². The van der Waals surface area contributed by atoms with Crippen molar-refractivity contribution in [3.05, 3.63) is 204 Å². The third-order valence-corrected chi connectivity index (χ3v) is 10.9. The van der Waals surface area contributed by atoms with Crippen molar-refractivity contribution >= 4 is 11.0 Å². The Balaban J connectivity index is 1.16. The first-order valence-corrected chi connectivity index (χ1v) is 17.7. The summed E-state index contributed by atoms with van der Waals surface area (Å²) in [6, 6.07) is 64.4. The second kappa shape index (κ2) is 11.1. The van der Waals surface area contributed by atoms with Gasteiger partial charge in [-0.25, -0.2) is 9.97 Å². The minimum atomic E-state index is -0.567. The summed E-state index contributed by atoms with van der Waals surface area (Å²) in [6.07, 6.45) is 0. The van der Waals surface area contributed by atoms with Crippen LogP contribution in [-0.4, -0.2) is 9.97 Å². The van der Waals surface area contributed by atoms with Gasteiger partial charge in [0.1, 0.15) is 16.8 Å². The first kappa shape index (κ1) is 28.9.